The fraction of sp³-hybridized carbons (Fsp3) is 0.172. The molecule has 0 spiro atoms. The van der Waals surface area contributed by atoms with Crippen LogP contribution in [-0.2, 0) is 20.0 Å². The Balaban J connectivity index is 1.59. The summed E-state index contributed by atoms with van der Waals surface area (Å²) in [7, 11) is -4.38. The number of benzene rings is 3. The third-order valence-electron chi connectivity index (χ3n) is 6.38. The third-order valence-corrected chi connectivity index (χ3v) is 9.24. The van der Waals surface area contributed by atoms with Crippen molar-refractivity contribution in [3.63, 3.8) is 0 Å². The second-order valence-corrected chi connectivity index (χ2v) is 13.3. The molecule has 4 rings (SSSR count). The molecule has 0 saturated heterocycles. The first-order chi connectivity index (χ1) is 20.9. The molecule has 44 heavy (non-hydrogen) atoms. The number of aryl methyl sites for hydroxylation is 1. The largest absolute Gasteiger partial charge is 0.324 e. The zero-order chi connectivity index (χ0) is 31.9. The van der Waals surface area contributed by atoms with Gasteiger partial charge in [-0.2, -0.15) is 20.2 Å². The Labute approximate surface area is 257 Å². The standard InChI is InChI=1S/C29H33N9O4S2/c1-19-7-6-8-24(17-19)32-29-33-27(37-35-20(2)22-9-13-25(14-10-22)43(39,40)30-4)18-28(34-29)38-36-21(3)23-11-15-26(16-12-23)44(41,42)31-5/h6-18,30-31H,1-5H3,(H3,32,33,34,37,38). The maximum Gasteiger partial charge on any atom is 0.240 e. The van der Waals surface area contributed by atoms with Gasteiger partial charge in [-0.25, -0.2) is 26.3 Å². The highest BCUT2D eigenvalue weighted by Gasteiger charge is 2.13. The van der Waals surface area contributed by atoms with Crippen LogP contribution in [0.5, 0.6) is 0 Å². The van der Waals surface area contributed by atoms with Crippen LogP contribution in [0.15, 0.2) is 98.9 Å². The molecule has 0 unspecified atom stereocenters. The van der Waals surface area contributed by atoms with Crippen molar-refractivity contribution in [3.8, 4) is 0 Å². The second-order valence-electron chi connectivity index (χ2n) is 9.54. The lowest BCUT2D eigenvalue weighted by molar-refractivity contribution is 0.586. The number of nitrogens with zero attached hydrogens (tertiary/aromatic N) is 4. The van der Waals surface area contributed by atoms with Gasteiger partial charge in [-0.1, -0.05) is 36.4 Å². The molecule has 1 heterocycles. The van der Waals surface area contributed by atoms with Gasteiger partial charge in [-0.15, -0.1) is 0 Å². The molecule has 0 atom stereocenters. The van der Waals surface area contributed by atoms with Crippen molar-refractivity contribution in [2.75, 3.05) is 30.3 Å². The summed E-state index contributed by atoms with van der Waals surface area (Å²) in [6.45, 7) is 5.54. The highest BCUT2D eigenvalue weighted by atomic mass is 32.2. The summed E-state index contributed by atoms with van der Waals surface area (Å²) in [6.07, 6.45) is 0. The van der Waals surface area contributed by atoms with E-state index in [1.54, 1.807) is 44.2 Å². The lowest BCUT2D eigenvalue weighted by atomic mass is 10.1. The van der Waals surface area contributed by atoms with Crippen molar-refractivity contribution >= 4 is 54.7 Å². The van der Waals surface area contributed by atoms with Crippen molar-refractivity contribution in [1.82, 2.24) is 19.4 Å². The first kappa shape index (κ1) is 32.2. The van der Waals surface area contributed by atoms with Crippen LogP contribution in [0.3, 0.4) is 0 Å². The Bertz CT molecular complexity index is 1800. The van der Waals surface area contributed by atoms with Gasteiger partial charge in [0, 0.05) is 11.8 Å². The molecule has 0 fully saturated rings. The molecule has 0 bridgehead atoms. The normalized spacial score (nSPS) is 12.6. The van der Waals surface area contributed by atoms with Crippen molar-refractivity contribution < 1.29 is 16.8 Å². The lowest BCUT2D eigenvalue weighted by Gasteiger charge is -2.11. The van der Waals surface area contributed by atoms with Gasteiger partial charge in [0.25, 0.3) is 0 Å². The maximum atomic E-state index is 12.0. The lowest BCUT2D eigenvalue weighted by Crippen LogP contribution is -2.18. The second kappa shape index (κ2) is 13.7. The molecule has 5 N–H and O–H groups in total. The van der Waals surface area contributed by atoms with Crippen LogP contribution in [0.4, 0.5) is 23.3 Å². The van der Waals surface area contributed by atoms with Gasteiger partial charge >= 0.3 is 0 Å². The smallest absolute Gasteiger partial charge is 0.240 e. The fourth-order valence-electron chi connectivity index (χ4n) is 3.87. The van der Waals surface area contributed by atoms with Gasteiger partial charge in [-0.3, -0.25) is 10.9 Å². The summed E-state index contributed by atoms with van der Waals surface area (Å²) < 4.78 is 52.7. The summed E-state index contributed by atoms with van der Waals surface area (Å²) >= 11 is 0. The van der Waals surface area contributed by atoms with Crippen molar-refractivity contribution in [2.45, 2.75) is 30.6 Å². The summed E-state index contributed by atoms with van der Waals surface area (Å²) in [5.41, 5.74) is 10.3. The van der Waals surface area contributed by atoms with Crippen LogP contribution in [0.2, 0.25) is 0 Å². The average Bonchev–Trinajstić information content (AvgIpc) is 3.02. The number of rotatable bonds is 12. The number of sulfonamides is 2. The van der Waals surface area contributed by atoms with E-state index in [0.717, 1.165) is 11.3 Å². The highest BCUT2D eigenvalue weighted by Crippen LogP contribution is 2.20. The van der Waals surface area contributed by atoms with Crippen LogP contribution in [0.25, 0.3) is 0 Å². The topological polar surface area (TPSA) is 179 Å². The minimum absolute atomic E-state index is 0.151. The fourth-order valence-corrected chi connectivity index (χ4v) is 5.33. The van der Waals surface area contributed by atoms with E-state index in [9.17, 15) is 16.8 Å². The molecular weight excluding hydrogens is 603 g/mol. The maximum absolute atomic E-state index is 12.0. The zero-order valence-electron chi connectivity index (χ0n) is 24.7. The van der Waals surface area contributed by atoms with Gasteiger partial charge in [0.05, 0.1) is 21.2 Å². The van der Waals surface area contributed by atoms with Crippen LogP contribution in [0.1, 0.15) is 30.5 Å². The summed E-state index contributed by atoms with van der Waals surface area (Å²) in [6, 6.07) is 22.1. The van der Waals surface area contributed by atoms with E-state index >= 15 is 0 Å². The number of nitrogens with one attached hydrogen (secondary N) is 5. The Kier molecular flexibility index (Phi) is 10.1. The number of hydrogen-bond donors (Lipinski definition) is 5. The Morgan fingerprint density at radius 2 is 1.11 bits per heavy atom. The zero-order valence-corrected chi connectivity index (χ0v) is 26.4. The quantitative estimate of drug-likeness (QED) is 0.114. The van der Waals surface area contributed by atoms with Gasteiger partial charge in [0.2, 0.25) is 26.0 Å². The minimum atomic E-state index is -3.55. The monoisotopic (exact) mass is 635 g/mol. The van der Waals surface area contributed by atoms with Crippen LogP contribution >= 0.6 is 0 Å². The number of anilines is 4. The Morgan fingerprint density at radius 1 is 0.659 bits per heavy atom. The number of hydrazone groups is 2. The van der Waals surface area contributed by atoms with Crippen molar-refractivity contribution in [2.24, 2.45) is 10.2 Å². The van der Waals surface area contributed by atoms with E-state index in [1.165, 1.54) is 38.4 Å². The molecule has 0 aliphatic carbocycles. The predicted molar refractivity (Wildman–Crippen MR) is 174 cm³/mol. The van der Waals surface area contributed by atoms with E-state index in [-0.39, 0.29) is 15.7 Å². The molecule has 0 saturated carbocycles. The molecule has 15 heteroatoms. The van der Waals surface area contributed by atoms with E-state index in [2.05, 4.69) is 45.8 Å². The molecule has 0 radical (unpaired) electrons. The van der Waals surface area contributed by atoms with Crippen LogP contribution < -0.4 is 25.6 Å². The molecule has 230 valence electrons. The minimum Gasteiger partial charge on any atom is -0.324 e. The van der Waals surface area contributed by atoms with E-state index < -0.39 is 20.0 Å². The number of aromatic nitrogens is 2. The molecule has 0 aliphatic rings. The van der Waals surface area contributed by atoms with Gasteiger partial charge in [-0.05, 0) is 88.0 Å². The molecule has 13 nitrogen and oxygen atoms in total. The Morgan fingerprint density at radius 3 is 1.52 bits per heavy atom. The first-order valence-corrected chi connectivity index (χ1v) is 16.3. The van der Waals surface area contributed by atoms with Crippen molar-refractivity contribution in [3.05, 3.63) is 95.6 Å². The summed E-state index contributed by atoms with van der Waals surface area (Å²) in [5.74, 6) is 1.01. The van der Waals surface area contributed by atoms with Gasteiger partial charge in [0.15, 0.2) is 11.6 Å². The van der Waals surface area contributed by atoms with Gasteiger partial charge < -0.3 is 5.32 Å². The van der Waals surface area contributed by atoms with Crippen molar-refractivity contribution in [1.29, 1.82) is 0 Å². The molecular formula is C29H33N9O4S2. The number of hydrogen-bond acceptors (Lipinski definition) is 11. The van der Waals surface area contributed by atoms with E-state index in [4.69, 9.17) is 0 Å². The first-order valence-electron chi connectivity index (χ1n) is 13.3. The molecule has 3 aromatic carbocycles. The van der Waals surface area contributed by atoms with E-state index in [0.29, 0.717) is 34.2 Å². The molecule has 0 amide bonds. The van der Waals surface area contributed by atoms with Crippen LogP contribution in [-0.4, -0.2) is 52.3 Å². The van der Waals surface area contributed by atoms with Crippen LogP contribution in [0, 0.1) is 6.92 Å². The van der Waals surface area contributed by atoms with Gasteiger partial charge in [0.1, 0.15) is 0 Å². The predicted octanol–water partition coefficient (Wildman–Crippen LogP) is 4.02. The summed E-state index contributed by atoms with van der Waals surface area (Å²) in [4.78, 5) is 9.36. The third kappa shape index (κ3) is 8.23. The molecule has 1 aromatic heterocycles. The Hall–Kier alpha value is -4.70. The summed E-state index contributed by atoms with van der Waals surface area (Å²) in [5, 5.41) is 12.0. The highest BCUT2D eigenvalue weighted by molar-refractivity contribution is 7.89. The molecule has 0 aliphatic heterocycles. The molecule has 4 aromatic rings. The van der Waals surface area contributed by atoms with E-state index in [1.807, 2.05) is 31.2 Å². The average molecular weight is 636 g/mol. The SMILES string of the molecule is CNS(=O)(=O)c1ccc(C(C)=NNc2cc(NN=C(C)c3ccc(S(=O)(=O)NC)cc3)nc(Nc3cccc(C)c3)n2)cc1.